The minimum absolute atomic E-state index is 0.912. The van der Waals surface area contributed by atoms with Crippen molar-refractivity contribution in [2.75, 3.05) is 18.4 Å². The Morgan fingerprint density at radius 2 is 1.79 bits per heavy atom. The van der Waals surface area contributed by atoms with Crippen LogP contribution in [0.25, 0.3) is 0 Å². The third-order valence-electron chi connectivity index (χ3n) is 3.64. The minimum Gasteiger partial charge on any atom is -0.381 e. The lowest BCUT2D eigenvalue weighted by Gasteiger charge is -2.14. The van der Waals surface area contributed by atoms with Gasteiger partial charge >= 0.3 is 0 Å². The maximum Gasteiger partial charge on any atom is 0.0409 e. The first-order chi connectivity index (χ1) is 9.40. The first-order valence-corrected chi connectivity index (χ1v) is 7.91. The van der Waals surface area contributed by atoms with E-state index in [9.17, 15) is 0 Å². The van der Waals surface area contributed by atoms with E-state index < -0.39 is 0 Å². The van der Waals surface area contributed by atoms with E-state index in [0.29, 0.717) is 0 Å². The average Bonchev–Trinajstić information content (AvgIpc) is 3.11. The van der Waals surface area contributed by atoms with E-state index >= 15 is 0 Å². The van der Waals surface area contributed by atoms with E-state index in [1.807, 2.05) is 0 Å². The Bertz CT molecular complexity index is 484. The molecule has 1 saturated heterocycles. The van der Waals surface area contributed by atoms with Crippen LogP contribution in [0.2, 0.25) is 0 Å². The van der Waals surface area contributed by atoms with Crippen LogP contribution in [0.1, 0.15) is 24.0 Å². The normalized spacial score (nSPS) is 15.8. The van der Waals surface area contributed by atoms with Crippen molar-refractivity contribution < 1.29 is 0 Å². The number of hydrogen-bond donors (Lipinski definition) is 1. The number of nitrogens with one attached hydrogen (secondary N) is 1. The minimum atomic E-state index is 0.912. The molecule has 1 N–H and O–H groups in total. The van der Waals surface area contributed by atoms with Gasteiger partial charge in [-0.05, 0) is 66.0 Å². The van der Waals surface area contributed by atoms with Gasteiger partial charge in [0.1, 0.15) is 0 Å². The SMILES string of the molecule is c1cc(CNc2ccc(CN3CCCC3)cc2)cs1. The van der Waals surface area contributed by atoms with Crippen molar-refractivity contribution in [1.82, 2.24) is 4.90 Å². The highest BCUT2D eigenvalue weighted by Gasteiger charge is 2.11. The van der Waals surface area contributed by atoms with E-state index in [1.165, 1.54) is 42.7 Å². The third kappa shape index (κ3) is 3.58. The van der Waals surface area contributed by atoms with Crippen LogP contribution in [-0.4, -0.2) is 18.0 Å². The maximum atomic E-state index is 3.46. The average molecular weight is 272 g/mol. The number of hydrogen-bond acceptors (Lipinski definition) is 3. The number of benzene rings is 1. The molecule has 0 unspecified atom stereocenters. The largest absolute Gasteiger partial charge is 0.381 e. The summed E-state index contributed by atoms with van der Waals surface area (Å²) in [6, 6.07) is 11.0. The zero-order valence-electron chi connectivity index (χ0n) is 11.1. The molecule has 0 atom stereocenters. The van der Waals surface area contributed by atoms with Crippen LogP contribution in [0.3, 0.4) is 0 Å². The van der Waals surface area contributed by atoms with Crippen molar-refractivity contribution in [3.05, 3.63) is 52.2 Å². The molecule has 0 saturated carbocycles. The van der Waals surface area contributed by atoms with Gasteiger partial charge in [-0.3, -0.25) is 4.90 Å². The van der Waals surface area contributed by atoms with Crippen molar-refractivity contribution in [1.29, 1.82) is 0 Å². The van der Waals surface area contributed by atoms with Gasteiger partial charge in [-0.2, -0.15) is 11.3 Å². The fourth-order valence-corrected chi connectivity index (χ4v) is 3.19. The molecule has 100 valence electrons. The molecule has 0 aliphatic carbocycles. The molecule has 3 rings (SSSR count). The molecule has 2 heterocycles. The Hall–Kier alpha value is -1.32. The Morgan fingerprint density at radius 3 is 2.47 bits per heavy atom. The summed E-state index contributed by atoms with van der Waals surface area (Å²) in [7, 11) is 0. The van der Waals surface area contributed by atoms with Crippen LogP contribution in [0.5, 0.6) is 0 Å². The van der Waals surface area contributed by atoms with Gasteiger partial charge in [0.25, 0.3) is 0 Å². The van der Waals surface area contributed by atoms with Crippen LogP contribution in [-0.2, 0) is 13.1 Å². The molecule has 1 fully saturated rings. The molecule has 1 aromatic heterocycles. The lowest BCUT2D eigenvalue weighted by molar-refractivity contribution is 0.331. The maximum absolute atomic E-state index is 3.46. The lowest BCUT2D eigenvalue weighted by atomic mass is 10.2. The van der Waals surface area contributed by atoms with E-state index in [2.05, 4.69) is 51.3 Å². The van der Waals surface area contributed by atoms with Crippen molar-refractivity contribution in [2.24, 2.45) is 0 Å². The second kappa shape index (κ2) is 6.22. The van der Waals surface area contributed by atoms with E-state index in [0.717, 1.165) is 13.1 Å². The Morgan fingerprint density at radius 1 is 1.00 bits per heavy atom. The Labute approximate surface area is 119 Å². The highest BCUT2D eigenvalue weighted by Crippen LogP contribution is 2.16. The number of nitrogens with zero attached hydrogens (tertiary/aromatic N) is 1. The van der Waals surface area contributed by atoms with Crippen LogP contribution in [0.4, 0.5) is 5.69 Å². The molecule has 19 heavy (non-hydrogen) atoms. The first-order valence-electron chi connectivity index (χ1n) is 6.96. The Balaban J connectivity index is 1.53. The molecule has 1 aliphatic heterocycles. The summed E-state index contributed by atoms with van der Waals surface area (Å²) in [6.07, 6.45) is 2.72. The van der Waals surface area contributed by atoms with Crippen molar-refractivity contribution in [3.63, 3.8) is 0 Å². The lowest BCUT2D eigenvalue weighted by Crippen LogP contribution is -2.18. The van der Waals surface area contributed by atoms with Gasteiger partial charge in [-0.25, -0.2) is 0 Å². The molecule has 2 nitrogen and oxygen atoms in total. The standard InChI is InChI=1S/C16H20N2S/c1-2-9-18(8-1)12-14-3-5-16(6-4-14)17-11-15-7-10-19-13-15/h3-7,10,13,17H,1-2,8-9,11-12H2. The van der Waals surface area contributed by atoms with Gasteiger partial charge < -0.3 is 5.32 Å². The molecule has 3 heteroatoms. The van der Waals surface area contributed by atoms with E-state index in [-0.39, 0.29) is 0 Å². The summed E-state index contributed by atoms with van der Waals surface area (Å²) in [6.45, 7) is 4.54. The molecule has 1 aliphatic rings. The summed E-state index contributed by atoms with van der Waals surface area (Å²) in [5.74, 6) is 0. The van der Waals surface area contributed by atoms with E-state index in [4.69, 9.17) is 0 Å². The molecular formula is C16H20N2S. The molecule has 0 amide bonds. The second-order valence-electron chi connectivity index (χ2n) is 5.17. The van der Waals surface area contributed by atoms with Crippen molar-refractivity contribution in [2.45, 2.75) is 25.9 Å². The van der Waals surface area contributed by atoms with Gasteiger partial charge in [0.2, 0.25) is 0 Å². The number of likely N-dealkylation sites (tertiary alicyclic amines) is 1. The van der Waals surface area contributed by atoms with Crippen molar-refractivity contribution in [3.8, 4) is 0 Å². The van der Waals surface area contributed by atoms with Crippen molar-refractivity contribution >= 4 is 17.0 Å². The van der Waals surface area contributed by atoms with Crippen LogP contribution >= 0.6 is 11.3 Å². The first kappa shape index (κ1) is 12.7. The monoisotopic (exact) mass is 272 g/mol. The number of rotatable bonds is 5. The molecule has 0 spiro atoms. The van der Waals surface area contributed by atoms with Crippen LogP contribution in [0, 0.1) is 0 Å². The molecule has 2 aromatic rings. The highest BCUT2D eigenvalue weighted by atomic mass is 32.1. The molecular weight excluding hydrogens is 252 g/mol. The predicted octanol–water partition coefficient (Wildman–Crippen LogP) is 3.96. The summed E-state index contributed by atoms with van der Waals surface area (Å²) in [5.41, 5.74) is 3.98. The Kier molecular flexibility index (Phi) is 4.16. The third-order valence-corrected chi connectivity index (χ3v) is 4.37. The van der Waals surface area contributed by atoms with Gasteiger partial charge in [-0.15, -0.1) is 0 Å². The highest BCUT2D eigenvalue weighted by molar-refractivity contribution is 7.07. The number of thiophene rings is 1. The van der Waals surface area contributed by atoms with Gasteiger partial charge in [0.15, 0.2) is 0 Å². The van der Waals surface area contributed by atoms with Gasteiger partial charge in [0, 0.05) is 18.8 Å². The quantitative estimate of drug-likeness (QED) is 0.886. The molecule has 0 bridgehead atoms. The smallest absolute Gasteiger partial charge is 0.0409 e. The fourth-order valence-electron chi connectivity index (χ4n) is 2.52. The van der Waals surface area contributed by atoms with Gasteiger partial charge in [0.05, 0.1) is 0 Å². The summed E-state index contributed by atoms with van der Waals surface area (Å²) >= 11 is 1.75. The zero-order valence-corrected chi connectivity index (χ0v) is 12.0. The summed E-state index contributed by atoms with van der Waals surface area (Å²) in [5, 5.41) is 7.77. The second-order valence-corrected chi connectivity index (χ2v) is 5.95. The van der Waals surface area contributed by atoms with Gasteiger partial charge in [-0.1, -0.05) is 12.1 Å². The molecule has 1 aromatic carbocycles. The topological polar surface area (TPSA) is 15.3 Å². The summed E-state index contributed by atoms with van der Waals surface area (Å²) in [4.78, 5) is 2.54. The van der Waals surface area contributed by atoms with E-state index in [1.54, 1.807) is 11.3 Å². The molecule has 0 radical (unpaired) electrons. The van der Waals surface area contributed by atoms with Crippen LogP contribution in [0.15, 0.2) is 41.1 Å². The number of anilines is 1. The summed E-state index contributed by atoms with van der Waals surface area (Å²) < 4.78 is 0. The fraction of sp³-hybridized carbons (Fsp3) is 0.375. The zero-order chi connectivity index (χ0) is 12.9. The van der Waals surface area contributed by atoms with Crippen LogP contribution < -0.4 is 5.32 Å². The predicted molar refractivity (Wildman–Crippen MR) is 82.6 cm³/mol.